The normalized spacial score (nSPS) is 34.3. The van der Waals surface area contributed by atoms with E-state index < -0.39 is 11.2 Å². The molecule has 15 heavy (non-hydrogen) atoms. The fourth-order valence-corrected chi connectivity index (χ4v) is 2.25. The van der Waals surface area contributed by atoms with E-state index in [1.54, 1.807) is 0 Å². The zero-order valence-electron chi connectivity index (χ0n) is 8.65. The van der Waals surface area contributed by atoms with Crippen LogP contribution >= 0.6 is 0 Å². The Balaban J connectivity index is 2.17. The fourth-order valence-electron chi connectivity index (χ4n) is 2.25. The number of rotatable bonds is 0. The van der Waals surface area contributed by atoms with Crippen LogP contribution in [0.15, 0.2) is 24.3 Å². The SMILES string of the molecule is CC1(C)Oc2ccccc2C2OC21C#N. The summed E-state index contributed by atoms with van der Waals surface area (Å²) in [5.41, 5.74) is -0.388. The number of fused-ring (bicyclic) bond motifs is 3. The van der Waals surface area contributed by atoms with Gasteiger partial charge in [0, 0.05) is 5.56 Å². The molecule has 2 heterocycles. The second-order valence-corrected chi connectivity index (χ2v) is 4.50. The van der Waals surface area contributed by atoms with Crippen LogP contribution in [-0.2, 0) is 4.74 Å². The number of hydrogen-bond donors (Lipinski definition) is 0. The topological polar surface area (TPSA) is 45.5 Å². The highest BCUT2D eigenvalue weighted by molar-refractivity contribution is 5.48. The molecule has 0 saturated carbocycles. The van der Waals surface area contributed by atoms with E-state index in [9.17, 15) is 5.26 Å². The Kier molecular flexibility index (Phi) is 1.37. The first-order valence-corrected chi connectivity index (χ1v) is 4.98. The zero-order chi connectivity index (χ0) is 10.7. The summed E-state index contributed by atoms with van der Waals surface area (Å²) in [5.74, 6) is 0.830. The number of nitrogens with zero attached hydrogens (tertiary/aromatic N) is 1. The van der Waals surface area contributed by atoms with Gasteiger partial charge in [-0.15, -0.1) is 0 Å². The van der Waals surface area contributed by atoms with Crippen LogP contribution in [0.1, 0.15) is 25.5 Å². The van der Waals surface area contributed by atoms with Gasteiger partial charge in [-0.05, 0) is 19.9 Å². The van der Waals surface area contributed by atoms with Crippen molar-refractivity contribution in [3.05, 3.63) is 29.8 Å². The van der Waals surface area contributed by atoms with E-state index in [0.29, 0.717) is 0 Å². The van der Waals surface area contributed by atoms with E-state index in [4.69, 9.17) is 9.47 Å². The summed E-state index contributed by atoms with van der Waals surface area (Å²) in [6.45, 7) is 3.79. The Labute approximate surface area is 88.2 Å². The van der Waals surface area contributed by atoms with Crippen molar-refractivity contribution >= 4 is 0 Å². The second kappa shape index (κ2) is 2.34. The fraction of sp³-hybridized carbons (Fsp3) is 0.417. The van der Waals surface area contributed by atoms with E-state index in [1.807, 2.05) is 38.1 Å². The first kappa shape index (κ1) is 8.75. The highest BCUT2D eigenvalue weighted by Gasteiger charge is 2.71. The molecule has 2 unspecified atom stereocenters. The summed E-state index contributed by atoms with van der Waals surface area (Å²) in [6.07, 6.45) is -0.123. The average molecular weight is 201 g/mol. The molecule has 3 nitrogen and oxygen atoms in total. The monoisotopic (exact) mass is 201 g/mol. The maximum absolute atomic E-state index is 9.20. The number of nitriles is 1. The van der Waals surface area contributed by atoms with E-state index in [1.165, 1.54) is 0 Å². The third kappa shape index (κ3) is 0.877. The van der Waals surface area contributed by atoms with Crippen LogP contribution in [0.25, 0.3) is 0 Å². The van der Waals surface area contributed by atoms with Crippen LogP contribution in [-0.4, -0.2) is 11.2 Å². The molecule has 2 aliphatic heterocycles. The molecule has 0 N–H and O–H groups in total. The minimum absolute atomic E-state index is 0.123. The molecule has 0 bridgehead atoms. The molecule has 1 aromatic rings. The molecule has 0 aliphatic carbocycles. The van der Waals surface area contributed by atoms with Crippen LogP contribution in [0.3, 0.4) is 0 Å². The van der Waals surface area contributed by atoms with Gasteiger partial charge in [-0.3, -0.25) is 0 Å². The number of epoxide rings is 1. The lowest BCUT2D eigenvalue weighted by molar-refractivity contribution is 0.0418. The number of para-hydroxylation sites is 1. The quantitative estimate of drug-likeness (QED) is 0.604. The maximum atomic E-state index is 9.20. The van der Waals surface area contributed by atoms with E-state index in [-0.39, 0.29) is 6.10 Å². The van der Waals surface area contributed by atoms with Crippen molar-refractivity contribution in [1.82, 2.24) is 0 Å². The molecule has 1 saturated heterocycles. The van der Waals surface area contributed by atoms with Gasteiger partial charge in [0.1, 0.15) is 23.5 Å². The van der Waals surface area contributed by atoms with Crippen LogP contribution in [0.5, 0.6) is 5.75 Å². The van der Waals surface area contributed by atoms with Crippen LogP contribution in [0.2, 0.25) is 0 Å². The minimum Gasteiger partial charge on any atom is -0.483 e. The first-order chi connectivity index (χ1) is 7.11. The predicted octanol–water partition coefficient (Wildman–Crippen LogP) is 2.19. The molecule has 0 amide bonds. The van der Waals surface area contributed by atoms with Gasteiger partial charge < -0.3 is 9.47 Å². The molecule has 0 spiro atoms. The molecule has 3 rings (SSSR count). The molecule has 1 aromatic carbocycles. The number of ether oxygens (including phenoxy) is 2. The summed E-state index contributed by atoms with van der Waals surface area (Å²) in [7, 11) is 0. The second-order valence-electron chi connectivity index (χ2n) is 4.50. The van der Waals surface area contributed by atoms with Gasteiger partial charge in [-0.1, -0.05) is 18.2 Å². The third-order valence-corrected chi connectivity index (χ3v) is 3.24. The summed E-state index contributed by atoms with van der Waals surface area (Å²) >= 11 is 0. The lowest BCUT2D eigenvalue weighted by Crippen LogP contribution is -2.46. The van der Waals surface area contributed by atoms with Crippen molar-refractivity contribution in [2.75, 3.05) is 0 Å². The average Bonchev–Trinajstić information content (AvgIpc) is 2.94. The maximum Gasteiger partial charge on any atom is 0.224 e. The number of benzene rings is 1. The van der Waals surface area contributed by atoms with Gasteiger partial charge in [-0.25, -0.2) is 0 Å². The summed E-state index contributed by atoms with van der Waals surface area (Å²) in [6, 6.07) is 9.97. The molecule has 0 aromatic heterocycles. The summed E-state index contributed by atoms with van der Waals surface area (Å²) < 4.78 is 11.4. The minimum atomic E-state index is -0.790. The molecule has 2 aliphatic rings. The van der Waals surface area contributed by atoms with Gasteiger partial charge in [-0.2, -0.15) is 5.26 Å². The summed E-state index contributed by atoms with van der Waals surface area (Å²) in [5, 5.41) is 9.20. The van der Waals surface area contributed by atoms with E-state index in [2.05, 4.69) is 6.07 Å². The molecule has 1 fully saturated rings. The Hall–Kier alpha value is -1.53. The molecule has 0 radical (unpaired) electrons. The molecule has 2 atom stereocenters. The van der Waals surface area contributed by atoms with Crippen LogP contribution in [0, 0.1) is 11.3 Å². The van der Waals surface area contributed by atoms with Crippen molar-refractivity contribution in [1.29, 1.82) is 5.26 Å². The lowest BCUT2D eigenvalue weighted by Gasteiger charge is -2.33. The smallest absolute Gasteiger partial charge is 0.224 e. The summed E-state index contributed by atoms with van der Waals surface area (Å²) in [4.78, 5) is 0. The highest BCUT2D eigenvalue weighted by atomic mass is 16.7. The van der Waals surface area contributed by atoms with Crippen molar-refractivity contribution in [3.63, 3.8) is 0 Å². The van der Waals surface area contributed by atoms with E-state index >= 15 is 0 Å². The Morgan fingerprint density at radius 1 is 1.33 bits per heavy atom. The van der Waals surface area contributed by atoms with Gasteiger partial charge in [0.05, 0.1) is 0 Å². The number of hydrogen-bond acceptors (Lipinski definition) is 3. The Morgan fingerprint density at radius 3 is 2.80 bits per heavy atom. The predicted molar refractivity (Wildman–Crippen MR) is 53.3 cm³/mol. The molecular formula is C12H11NO2. The van der Waals surface area contributed by atoms with Gasteiger partial charge in [0.15, 0.2) is 0 Å². The first-order valence-electron chi connectivity index (χ1n) is 4.98. The van der Waals surface area contributed by atoms with Crippen molar-refractivity contribution in [2.24, 2.45) is 0 Å². The zero-order valence-corrected chi connectivity index (χ0v) is 8.65. The van der Waals surface area contributed by atoms with Crippen molar-refractivity contribution in [3.8, 4) is 11.8 Å². The highest BCUT2D eigenvalue weighted by Crippen LogP contribution is 2.61. The standard InChI is InChI=1S/C12H11NO2/c1-11(2)12(7-13)10(15-12)8-5-3-4-6-9(8)14-11/h3-6,10H,1-2H3. The molecule has 76 valence electrons. The molecular weight excluding hydrogens is 190 g/mol. The van der Waals surface area contributed by atoms with E-state index in [0.717, 1.165) is 11.3 Å². The van der Waals surface area contributed by atoms with Crippen LogP contribution in [0.4, 0.5) is 0 Å². The van der Waals surface area contributed by atoms with Gasteiger partial charge in [0.25, 0.3) is 0 Å². The van der Waals surface area contributed by atoms with Crippen LogP contribution < -0.4 is 4.74 Å². The van der Waals surface area contributed by atoms with Gasteiger partial charge in [0.2, 0.25) is 5.60 Å². The third-order valence-electron chi connectivity index (χ3n) is 3.24. The van der Waals surface area contributed by atoms with Crippen molar-refractivity contribution < 1.29 is 9.47 Å². The van der Waals surface area contributed by atoms with Crippen molar-refractivity contribution in [2.45, 2.75) is 31.2 Å². The largest absolute Gasteiger partial charge is 0.483 e. The lowest BCUT2D eigenvalue weighted by atomic mass is 9.83. The Morgan fingerprint density at radius 2 is 2.07 bits per heavy atom. The van der Waals surface area contributed by atoms with Gasteiger partial charge >= 0.3 is 0 Å². The Bertz CT molecular complexity index is 475. The molecule has 3 heteroatoms.